The Morgan fingerprint density at radius 3 is 2.65 bits per heavy atom. The number of hydrogen-bond donors (Lipinski definition) is 0. The largest absolute Gasteiger partial charge is 0.464 e. The van der Waals surface area contributed by atoms with Crippen LogP contribution < -0.4 is 4.74 Å². The van der Waals surface area contributed by atoms with E-state index in [4.69, 9.17) is 27.9 Å². The lowest BCUT2D eigenvalue weighted by atomic mass is 10.5. The van der Waals surface area contributed by atoms with Crippen molar-refractivity contribution in [3.8, 4) is 12.0 Å². The molecule has 0 aliphatic rings. The van der Waals surface area contributed by atoms with Crippen molar-refractivity contribution in [3.63, 3.8) is 0 Å². The molecule has 0 aromatic carbocycles. The number of rotatable bonds is 3. The van der Waals surface area contributed by atoms with E-state index in [1.54, 1.807) is 13.1 Å². The van der Waals surface area contributed by atoms with Gasteiger partial charge in [-0.1, -0.05) is 11.6 Å². The maximum atomic E-state index is 5.90. The molecule has 0 N–H and O–H groups in total. The highest BCUT2D eigenvalue weighted by atomic mass is 35.5. The van der Waals surface area contributed by atoms with E-state index >= 15 is 0 Å². The van der Waals surface area contributed by atoms with Crippen LogP contribution in [0.2, 0.25) is 10.3 Å². The summed E-state index contributed by atoms with van der Waals surface area (Å²) in [5.74, 6) is 0.267. The van der Waals surface area contributed by atoms with Gasteiger partial charge in [0.1, 0.15) is 0 Å². The van der Waals surface area contributed by atoms with Crippen LogP contribution in [0, 0.1) is 6.92 Å². The number of aromatic nitrogens is 5. The summed E-state index contributed by atoms with van der Waals surface area (Å²) in [6, 6.07) is 0.159. The SMILES string of the molecule is CCOc1nc(Cl)nc(-n2cc(Cl)c(C)n2)n1. The highest BCUT2D eigenvalue weighted by molar-refractivity contribution is 6.31. The van der Waals surface area contributed by atoms with Gasteiger partial charge in [-0.25, -0.2) is 4.68 Å². The highest BCUT2D eigenvalue weighted by Crippen LogP contribution is 2.16. The number of nitrogens with zero attached hydrogens (tertiary/aromatic N) is 5. The fraction of sp³-hybridized carbons (Fsp3) is 0.333. The summed E-state index contributed by atoms with van der Waals surface area (Å²) in [6.07, 6.45) is 1.60. The summed E-state index contributed by atoms with van der Waals surface area (Å²) >= 11 is 11.7. The molecule has 17 heavy (non-hydrogen) atoms. The predicted molar refractivity (Wildman–Crippen MR) is 62.9 cm³/mol. The third-order valence-corrected chi connectivity index (χ3v) is 2.43. The molecule has 8 heteroatoms. The highest BCUT2D eigenvalue weighted by Gasteiger charge is 2.10. The average molecular weight is 274 g/mol. The molecule has 2 aromatic heterocycles. The quantitative estimate of drug-likeness (QED) is 0.857. The van der Waals surface area contributed by atoms with E-state index in [1.807, 2.05) is 6.92 Å². The minimum absolute atomic E-state index is 0.0442. The second kappa shape index (κ2) is 4.85. The van der Waals surface area contributed by atoms with E-state index < -0.39 is 0 Å². The molecule has 6 nitrogen and oxygen atoms in total. The zero-order valence-electron chi connectivity index (χ0n) is 9.18. The van der Waals surface area contributed by atoms with Crippen LogP contribution in [0.4, 0.5) is 0 Å². The van der Waals surface area contributed by atoms with Crippen LogP contribution in [0.3, 0.4) is 0 Å². The van der Waals surface area contributed by atoms with Gasteiger partial charge in [-0.2, -0.15) is 20.1 Å². The first kappa shape index (κ1) is 12.1. The summed E-state index contributed by atoms with van der Waals surface area (Å²) < 4.78 is 6.59. The van der Waals surface area contributed by atoms with Crippen molar-refractivity contribution < 1.29 is 4.74 Å². The molecule has 0 unspecified atom stereocenters. The first-order valence-corrected chi connectivity index (χ1v) is 5.62. The van der Waals surface area contributed by atoms with Crippen LogP contribution in [-0.4, -0.2) is 31.3 Å². The van der Waals surface area contributed by atoms with Crippen molar-refractivity contribution in [1.29, 1.82) is 0 Å². The Kier molecular flexibility index (Phi) is 3.44. The predicted octanol–water partition coefficient (Wildman–Crippen LogP) is 2.07. The number of aryl methyl sites for hydroxylation is 1. The van der Waals surface area contributed by atoms with Crippen molar-refractivity contribution in [2.24, 2.45) is 0 Å². The molecule has 0 atom stereocenters. The average Bonchev–Trinajstić information content (AvgIpc) is 2.59. The fourth-order valence-electron chi connectivity index (χ4n) is 1.16. The van der Waals surface area contributed by atoms with Gasteiger partial charge in [-0.3, -0.25) is 0 Å². The second-order valence-electron chi connectivity index (χ2n) is 3.13. The Morgan fingerprint density at radius 2 is 2.06 bits per heavy atom. The lowest BCUT2D eigenvalue weighted by Gasteiger charge is -2.03. The van der Waals surface area contributed by atoms with E-state index in [9.17, 15) is 0 Å². The van der Waals surface area contributed by atoms with Crippen LogP contribution in [-0.2, 0) is 0 Å². The molecular weight excluding hydrogens is 265 g/mol. The van der Waals surface area contributed by atoms with Gasteiger partial charge in [0.05, 0.1) is 23.5 Å². The summed E-state index contributed by atoms with van der Waals surface area (Å²) in [4.78, 5) is 11.8. The van der Waals surface area contributed by atoms with E-state index in [2.05, 4.69) is 20.1 Å². The number of ether oxygens (including phenoxy) is 1. The molecule has 2 aromatic rings. The Hall–Kier alpha value is -1.40. The normalized spacial score (nSPS) is 10.6. The van der Waals surface area contributed by atoms with Gasteiger partial charge in [0, 0.05) is 0 Å². The molecule has 0 spiro atoms. The van der Waals surface area contributed by atoms with Gasteiger partial charge in [-0.05, 0) is 25.4 Å². The monoisotopic (exact) mass is 273 g/mol. The summed E-state index contributed by atoms with van der Waals surface area (Å²) in [5, 5.41) is 4.71. The van der Waals surface area contributed by atoms with Gasteiger partial charge in [0.25, 0.3) is 5.95 Å². The topological polar surface area (TPSA) is 65.7 Å². The van der Waals surface area contributed by atoms with Crippen LogP contribution in [0.25, 0.3) is 5.95 Å². The first-order chi connectivity index (χ1) is 8.10. The van der Waals surface area contributed by atoms with Gasteiger partial charge >= 0.3 is 6.01 Å². The van der Waals surface area contributed by atoms with E-state index in [0.29, 0.717) is 17.3 Å². The Morgan fingerprint density at radius 1 is 1.29 bits per heavy atom. The van der Waals surface area contributed by atoms with Crippen molar-refractivity contribution in [1.82, 2.24) is 24.7 Å². The zero-order valence-corrected chi connectivity index (χ0v) is 10.7. The molecule has 0 aliphatic carbocycles. The molecule has 0 amide bonds. The van der Waals surface area contributed by atoms with Crippen molar-refractivity contribution in [2.45, 2.75) is 13.8 Å². The van der Waals surface area contributed by atoms with Crippen molar-refractivity contribution in [3.05, 3.63) is 22.2 Å². The Balaban J connectivity index is 2.44. The molecule has 0 bridgehead atoms. The molecule has 0 aliphatic heterocycles. The zero-order chi connectivity index (χ0) is 12.4. The van der Waals surface area contributed by atoms with Crippen LogP contribution in [0.5, 0.6) is 6.01 Å². The van der Waals surface area contributed by atoms with Gasteiger partial charge in [-0.15, -0.1) is 0 Å². The summed E-state index contributed by atoms with van der Waals surface area (Å²) in [5.41, 5.74) is 0.682. The lowest BCUT2D eigenvalue weighted by Crippen LogP contribution is -2.06. The molecule has 0 radical (unpaired) electrons. The minimum Gasteiger partial charge on any atom is -0.464 e. The van der Waals surface area contributed by atoms with Crippen LogP contribution in [0.1, 0.15) is 12.6 Å². The molecule has 0 fully saturated rings. The molecular formula is C9H9Cl2N5O. The van der Waals surface area contributed by atoms with Crippen LogP contribution in [0.15, 0.2) is 6.20 Å². The number of hydrogen-bond acceptors (Lipinski definition) is 5. The molecule has 2 heterocycles. The van der Waals surface area contributed by atoms with Crippen molar-refractivity contribution >= 4 is 23.2 Å². The summed E-state index contributed by atoms with van der Waals surface area (Å²) in [7, 11) is 0. The maximum Gasteiger partial charge on any atom is 0.322 e. The molecule has 0 saturated heterocycles. The molecule has 0 saturated carbocycles. The Labute approximate surface area is 108 Å². The standard InChI is InChI=1S/C9H9Cl2N5O/c1-3-17-9-13-7(11)12-8(14-9)16-4-6(10)5(2)15-16/h4H,3H2,1-2H3. The van der Waals surface area contributed by atoms with Gasteiger partial charge in [0.15, 0.2) is 0 Å². The van der Waals surface area contributed by atoms with E-state index in [-0.39, 0.29) is 17.2 Å². The fourth-order valence-corrected chi connectivity index (χ4v) is 1.44. The smallest absolute Gasteiger partial charge is 0.322 e. The second-order valence-corrected chi connectivity index (χ2v) is 3.87. The Bertz CT molecular complexity index is 523. The summed E-state index contributed by atoms with van der Waals surface area (Å²) in [6.45, 7) is 4.05. The van der Waals surface area contributed by atoms with Gasteiger partial charge in [0.2, 0.25) is 5.28 Å². The maximum absolute atomic E-state index is 5.90. The van der Waals surface area contributed by atoms with E-state index in [0.717, 1.165) is 0 Å². The molecule has 90 valence electrons. The third-order valence-electron chi connectivity index (χ3n) is 1.89. The lowest BCUT2D eigenvalue weighted by molar-refractivity contribution is 0.310. The minimum atomic E-state index is 0.0442. The molecule has 2 rings (SSSR count). The number of halogens is 2. The van der Waals surface area contributed by atoms with Crippen LogP contribution >= 0.6 is 23.2 Å². The van der Waals surface area contributed by atoms with E-state index in [1.165, 1.54) is 4.68 Å². The van der Waals surface area contributed by atoms with Gasteiger partial charge < -0.3 is 4.74 Å². The third kappa shape index (κ3) is 2.65. The van der Waals surface area contributed by atoms with Crippen molar-refractivity contribution in [2.75, 3.05) is 6.61 Å². The first-order valence-electron chi connectivity index (χ1n) is 4.86.